The molecule has 2 fully saturated rings. The molecule has 2 saturated carbocycles. The molecule has 0 unspecified atom stereocenters. The van der Waals surface area contributed by atoms with Crippen molar-refractivity contribution in [3.63, 3.8) is 0 Å². The first-order valence-corrected chi connectivity index (χ1v) is 10.4. The van der Waals surface area contributed by atoms with Gasteiger partial charge in [-0.2, -0.15) is 5.26 Å². The highest BCUT2D eigenvalue weighted by Gasteiger charge is 2.31. The molecular formula is C23H32FNO. The number of nitrogens with zero attached hydrogens (tertiary/aromatic N) is 1. The number of halogens is 1. The SMILES string of the molecule is COCCC[C@H]1CC[C@H]([C@H]2CC[C@H](c3ccc(C#N)c(F)c3)CC2)CC1. The van der Waals surface area contributed by atoms with Crippen molar-refractivity contribution in [2.24, 2.45) is 17.8 Å². The number of hydrogen-bond donors (Lipinski definition) is 0. The Kier molecular flexibility index (Phi) is 7.08. The van der Waals surface area contributed by atoms with E-state index in [0.29, 0.717) is 5.92 Å². The fourth-order valence-electron chi connectivity index (χ4n) is 5.26. The van der Waals surface area contributed by atoms with Crippen LogP contribution in [0.2, 0.25) is 0 Å². The average Bonchev–Trinajstić information content (AvgIpc) is 2.69. The minimum absolute atomic E-state index is 0.157. The molecule has 0 N–H and O–H groups in total. The molecule has 0 radical (unpaired) electrons. The second-order valence-electron chi connectivity index (χ2n) is 8.38. The van der Waals surface area contributed by atoms with Crippen LogP contribution >= 0.6 is 0 Å². The Labute approximate surface area is 157 Å². The third-order valence-corrected chi connectivity index (χ3v) is 6.88. The maximum absolute atomic E-state index is 13.9. The summed E-state index contributed by atoms with van der Waals surface area (Å²) in [6, 6.07) is 7.10. The summed E-state index contributed by atoms with van der Waals surface area (Å²) in [5.74, 6) is 2.80. The standard InChI is InChI=1S/C23H32FNO/c1-26-14-2-3-17-4-6-18(7-5-17)19-8-10-20(11-9-19)21-12-13-22(16-25)23(24)15-21/h12-13,15,17-20H,2-11,14H2,1H3/t17-,18-,19-,20-. The van der Waals surface area contributed by atoms with Crippen molar-refractivity contribution >= 4 is 0 Å². The summed E-state index contributed by atoms with van der Waals surface area (Å²) in [6.45, 7) is 0.903. The summed E-state index contributed by atoms with van der Waals surface area (Å²) in [4.78, 5) is 0. The molecule has 2 nitrogen and oxygen atoms in total. The van der Waals surface area contributed by atoms with E-state index in [9.17, 15) is 4.39 Å². The maximum atomic E-state index is 13.9. The van der Waals surface area contributed by atoms with Crippen molar-refractivity contribution in [2.45, 2.75) is 70.1 Å². The van der Waals surface area contributed by atoms with E-state index >= 15 is 0 Å². The van der Waals surface area contributed by atoms with Crippen LogP contribution < -0.4 is 0 Å². The van der Waals surface area contributed by atoms with E-state index in [2.05, 4.69) is 0 Å². The summed E-state index contributed by atoms with van der Waals surface area (Å²) in [6.07, 6.45) is 13.0. The lowest BCUT2D eigenvalue weighted by Gasteiger charge is -2.38. The van der Waals surface area contributed by atoms with Gasteiger partial charge in [0.15, 0.2) is 0 Å². The highest BCUT2D eigenvalue weighted by atomic mass is 19.1. The quantitative estimate of drug-likeness (QED) is 0.567. The van der Waals surface area contributed by atoms with Crippen LogP contribution in [-0.2, 0) is 4.74 Å². The van der Waals surface area contributed by atoms with Crippen LogP contribution in [0.1, 0.15) is 81.3 Å². The lowest BCUT2D eigenvalue weighted by Crippen LogP contribution is -2.25. The van der Waals surface area contributed by atoms with Crippen molar-refractivity contribution < 1.29 is 9.13 Å². The van der Waals surface area contributed by atoms with Crippen LogP contribution in [-0.4, -0.2) is 13.7 Å². The molecule has 2 aliphatic rings. The summed E-state index contributed by atoms with van der Waals surface area (Å²) in [5.41, 5.74) is 1.24. The van der Waals surface area contributed by atoms with Gasteiger partial charge in [-0.15, -0.1) is 0 Å². The van der Waals surface area contributed by atoms with Gasteiger partial charge in [0, 0.05) is 13.7 Å². The van der Waals surface area contributed by atoms with E-state index < -0.39 is 0 Å². The van der Waals surface area contributed by atoms with Gasteiger partial charge in [-0.1, -0.05) is 18.9 Å². The van der Waals surface area contributed by atoms with Crippen LogP contribution in [0.4, 0.5) is 4.39 Å². The van der Waals surface area contributed by atoms with Gasteiger partial charge in [-0.25, -0.2) is 4.39 Å². The zero-order valence-electron chi connectivity index (χ0n) is 16.1. The van der Waals surface area contributed by atoms with Crippen LogP contribution in [0.3, 0.4) is 0 Å². The normalized spacial score (nSPS) is 29.3. The van der Waals surface area contributed by atoms with Crippen molar-refractivity contribution in [1.29, 1.82) is 5.26 Å². The minimum atomic E-state index is -0.362. The predicted octanol–water partition coefficient (Wildman–Crippen LogP) is 6.20. The zero-order chi connectivity index (χ0) is 18.4. The van der Waals surface area contributed by atoms with Crippen molar-refractivity contribution in [3.05, 3.63) is 35.1 Å². The molecule has 0 amide bonds. The first-order chi connectivity index (χ1) is 12.7. The lowest BCUT2D eigenvalue weighted by molar-refractivity contribution is 0.144. The van der Waals surface area contributed by atoms with Gasteiger partial charge >= 0.3 is 0 Å². The molecule has 3 rings (SSSR count). The number of ether oxygens (including phenoxy) is 1. The molecule has 2 aliphatic carbocycles. The molecule has 0 aromatic heterocycles. The van der Waals surface area contributed by atoms with E-state index in [4.69, 9.17) is 10.00 Å². The number of methoxy groups -OCH3 is 1. The highest BCUT2D eigenvalue weighted by molar-refractivity contribution is 5.34. The summed E-state index contributed by atoms with van der Waals surface area (Å²) in [5, 5.41) is 8.88. The van der Waals surface area contributed by atoms with E-state index in [0.717, 1.165) is 29.9 Å². The van der Waals surface area contributed by atoms with Gasteiger partial charge in [-0.05, 0) is 92.7 Å². The van der Waals surface area contributed by atoms with Crippen LogP contribution in [0.5, 0.6) is 0 Å². The van der Waals surface area contributed by atoms with Gasteiger partial charge < -0.3 is 4.74 Å². The third-order valence-electron chi connectivity index (χ3n) is 6.88. The molecular weight excluding hydrogens is 325 g/mol. The molecule has 0 spiro atoms. The Morgan fingerprint density at radius 1 is 1.04 bits per heavy atom. The number of benzene rings is 1. The smallest absolute Gasteiger partial charge is 0.141 e. The Morgan fingerprint density at radius 3 is 2.27 bits per heavy atom. The number of hydrogen-bond acceptors (Lipinski definition) is 2. The fourth-order valence-corrected chi connectivity index (χ4v) is 5.26. The molecule has 3 heteroatoms. The van der Waals surface area contributed by atoms with Crippen molar-refractivity contribution in [3.8, 4) is 6.07 Å². The number of rotatable bonds is 6. The topological polar surface area (TPSA) is 33.0 Å². The van der Waals surface area contributed by atoms with E-state index in [1.54, 1.807) is 19.2 Å². The van der Waals surface area contributed by atoms with E-state index in [1.807, 2.05) is 12.1 Å². The monoisotopic (exact) mass is 357 g/mol. The Morgan fingerprint density at radius 2 is 1.69 bits per heavy atom. The largest absolute Gasteiger partial charge is 0.385 e. The molecule has 0 bridgehead atoms. The van der Waals surface area contributed by atoms with Gasteiger partial charge in [0.2, 0.25) is 0 Å². The Balaban J connectivity index is 1.44. The molecule has 26 heavy (non-hydrogen) atoms. The van der Waals surface area contributed by atoms with Crippen LogP contribution in [0.25, 0.3) is 0 Å². The molecule has 142 valence electrons. The highest BCUT2D eigenvalue weighted by Crippen LogP contribution is 2.44. The van der Waals surface area contributed by atoms with E-state index in [1.165, 1.54) is 64.2 Å². The molecule has 0 aliphatic heterocycles. The molecule has 0 heterocycles. The predicted molar refractivity (Wildman–Crippen MR) is 102 cm³/mol. The second-order valence-corrected chi connectivity index (χ2v) is 8.38. The van der Waals surface area contributed by atoms with Crippen LogP contribution in [0.15, 0.2) is 18.2 Å². The molecule has 0 atom stereocenters. The minimum Gasteiger partial charge on any atom is -0.385 e. The maximum Gasteiger partial charge on any atom is 0.141 e. The summed E-state index contributed by atoms with van der Waals surface area (Å²) < 4.78 is 19.1. The molecule has 1 aromatic carbocycles. The van der Waals surface area contributed by atoms with Crippen LogP contribution in [0, 0.1) is 34.9 Å². The van der Waals surface area contributed by atoms with Gasteiger partial charge in [0.1, 0.15) is 11.9 Å². The Hall–Kier alpha value is -1.40. The fraction of sp³-hybridized carbons (Fsp3) is 0.696. The van der Waals surface area contributed by atoms with E-state index in [-0.39, 0.29) is 11.4 Å². The third kappa shape index (κ3) is 4.86. The number of nitriles is 1. The lowest BCUT2D eigenvalue weighted by atomic mass is 9.68. The van der Waals surface area contributed by atoms with Gasteiger partial charge in [0.05, 0.1) is 5.56 Å². The summed E-state index contributed by atoms with van der Waals surface area (Å²) >= 11 is 0. The average molecular weight is 358 g/mol. The molecule has 1 aromatic rings. The molecule has 0 saturated heterocycles. The van der Waals surface area contributed by atoms with Crippen molar-refractivity contribution in [1.82, 2.24) is 0 Å². The first-order valence-electron chi connectivity index (χ1n) is 10.4. The zero-order valence-corrected chi connectivity index (χ0v) is 16.1. The second kappa shape index (κ2) is 9.51. The first kappa shape index (κ1) is 19.4. The Bertz CT molecular complexity index is 607. The van der Waals surface area contributed by atoms with Gasteiger partial charge in [-0.3, -0.25) is 0 Å². The summed E-state index contributed by atoms with van der Waals surface area (Å²) in [7, 11) is 1.79. The van der Waals surface area contributed by atoms with Gasteiger partial charge in [0.25, 0.3) is 0 Å². The van der Waals surface area contributed by atoms with Crippen molar-refractivity contribution in [2.75, 3.05) is 13.7 Å².